The van der Waals surface area contributed by atoms with Crippen molar-refractivity contribution in [2.24, 2.45) is 5.92 Å². The maximum Gasteiger partial charge on any atom is 0.240 e. The summed E-state index contributed by atoms with van der Waals surface area (Å²) in [6, 6.07) is 7.22. The first-order chi connectivity index (χ1) is 8.97. The van der Waals surface area contributed by atoms with Crippen molar-refractivity contribution >= 4 is 10.0 Å². The van der Waals surface area contributed by atoms with Crippen molar-refractivity contribution in [1.29, 1.82) is 0 Å². The van der Waals surface area contributed by atoms with Crippen LogP contribution < -0.4 is 10.0 Å². The lowest BCUT2D eigenvalue weighted by Crippen LogP contribution is -2.36. The molecule has 1 aromatic rings. The maximum absolute atomic E-state index is 12.2. The number of hydrogen-bond donors (Lipinski definition) is 2. The first-order valence-corrected chi connectivity index (χ1v) is 8.27. The van der Waals surface area contributed by atoms with Gasteiger partial charge in [-0.1, -0.05) is 26.0 Å². The molecule has 0 bridgehead atoms. The highest BCUT2D eigenvalue weighted by molar-refractivity contribution is 7.89. The molecule has 1 heterocycles. The average molecular weight is 282 g/mol. The predicted molar refractivity (Wildman–Crippen MR) is 76.6 cm³/mol. The zero-order valence-electron chi connectivity index (χ0n) is 11.5. The molecule has 1 aromatic carbocycles. The van der Waals surface area contributed by atoms with Crippen LogP contribution >= 0.6 is 0 Å². The Morgan fingerprint density at radius 2 is 2.00 bits per heavy atom. The van der Waals surface area contributed by atoms with Crippen molar-refractivity contribution in [3.63, 3.8) is 0 Å². The van der Waals surface area contributed by atoms with E-state index >= 15 is 0 Å². The van der Waals surface area contributed by atoms with Gasteiger partial charge in [0.05, 0.1) is 4.90 Å². The Balaban J connectivity index is 2.07. The minimum atomic E-state index is -3.38. The second-order valence-electron chi connectivity index (χ2n) is 5.55. The molecule has 0 spiro atoms. The highest BCUT2D eigenvalue weighted by Gasteiger charge is 2.22. The van der Waals surface area contributed by atoms with E-state index in [0.717, 1.165) is 19.4 Å². The van der Waals surface area contributed by atoms with Gasteiger partial charge in [0.25, 0.3) is 0 Å². The van der Waals surface area contributed by atoms with Gasteiger partial charge in [-0.25, -0.2) is 13.1 Å². The molecule has 4 nitrogen and oxygen atoms in total. The molecule has 19 heavy (non-hydrogen) atoms. The Morgan fingerprint density at radius 3 is 2.53 bits per heavy atom. The van der Waals surface area contributed by atoms with E-state index in [1.165, 1.54) is 5.56 Å². The predicted octanol–water partition coefficient (Wildman–Crippen LogP) is 1.53. The Bertz CT molecular complexity index is 503. The molecule has 0 amide bonds. The summed E-state index contributed by atoms with van der Waals surface area (Å²) in [5, 5.41) is 3.15. The molecule has 0 aromatic heterocycles. The van der Waals surface area contributed by atoms with Crippen LogP contribution in [-0.2, 0) is 16.4 Å². The molecule has 0 saturated carbocycles. The van der Waals surface area contributed by atoms with Gasteiger partial charge in [-0.3, -0.25) is 0 Å². The minimum absolute atomic E-state index is 0.0142. The molecule has 106 valence electrons. The van der Waals surface area contributed by atoms with Crippen LogP contribution in [0.5, 0.6) is 0 Å². The first-order valence-electron chi connectivity index (χ1n) is 6.79. The van der Waals surface area contributed by atoms with Crippen LogP contribution in [0.1, 0.15) is 25.8 Å². The number of sulfonamides is 1. The molecular weight excluding hydrogens is 260 g/mol. The second kappa shape index (κ2) is 6.03. The summed E-state index contributed by atoms with van der Waals surface area (Å²) < 4.78 is 27.1. The van der Waals surface area contributed by atoms with Gasteiger partial charge in [-0.2, -0.15) is 0 Å². The maximum atomic E-state index is 12.2. The summed E-state index contributed by atoms with van der Waals surface area (Å²) >= 11 is 0. The molecule has 2 rings (SSSR count). The third-order valence-electron chi connectivity index (χ3n) is 3.26. The molecule has 5 heteroatoms. The minimum Gasteiger partial charge on any atom is -0.315 e. The van der Waals surface area contributed by atoms with Gasteiger partial charge in [0.1, 0.15) is 0 Å². The van der Waals surface area contributed by atoms with Crippen LogP contribution in [0.4, 0.5) is 0 Å². The van der Waals surface area contributed by atoms with Gasteiger partial charge in [-0.05, 0) is 43.0 Å². The van der Waals surface area contributed by atoms with Crippen LogP contribution in [0, 0.1) is 5.92 Å². The zero-order chi connectivity index (χ0) is 13.9. The van der Waals surface area contributed by atoms with E-state index in [1.54, 1.807) is 12.1 Å². The van der Waals surface area contributed by atoms with Crippen molar-refractivity contribution in [3.05, 3.63) is 29.8 Å². The third-order valence-corrected chi connectivity index (χ3v) is 4.80. The van der Waals surface area contributed by atoms with Crippen molar-refractivity contribution in [2.45, 2.75) is 37.6 Å². The SMILES string of the molecule is CC(C)Cc1ccc(S(=O)(=O)NC2CCNC2)cc1. The molecule has 1 aliphatic heterocycles. The Hall–Kier alpha value is -0.910. The Kier molecular flexibility index (Phi) is 4.60. The topological polar surface area (TPSA) is 58.2 Å². The smallest absolute Gasteiger partial charge is 0.240 e. The van der Waals surface area contributed by atoms with Crippen molar-refractivity contribution in [1.82, 2.24) is 10.0 Å². The average Bonchev–Trinajstić information content (AvgIpc) is 2.81. The van der Waals surface area contributed by atoms with E-state index in [-0.39, 0.29) is 6.04 Å². The highest BCUT2D eigenvalue weighted by atomic mass is 32.2. The largest absolute Gasteiger partial charge is 0.315 e. The monoisotopic (exact) mass is 282 g/mol. The van der Waals surface area contributed by atoms with E-state index in [9.17, 15) is 8.42 Å². The van der Waals surface area contributed by atoms with Crippen LogP contribution in [-0.4, -0.2) is 27.5 Å². The van der Waals surface area contributed by atoms with Gasteiger partial charge in [-0.15, -0.1) is 0 Å². The lowest BCUT2D eigenvalue weighted by molar-refractivity contribution is 0.560. The summed E-state index contributed by atoms with van der Waals surface area (Å²) in [5.74, 6) is 0.574. The number of nitrogens with one attached hydrogen (secondary N) is 2. The van der Waals surface area contributed by atoms with Gasteiger partial charge >= 0.3 is 0 Å². The number of hydrogen-bond acceptors (Lipinski definition) is 3. The van der Waals surface area contributed by atoms with Crippen LogP contribution in [0.3, 0.4) is 0 Å². The van der Waals surface area contributed by atoms with Crippen molar-refractivity contribution in [3.8, 4) is 0 Å². The van der Waals surface area contributed by atoms with E-state index in [1.807, 2.05) is 12.1 Å². The van der Waals surface area contributed by atoms with E-state index in [4.69, 9.17) is 0 Å². The standard InChI is InChI=1S/C14H22N2O2S/c1-11(2)9-12-3-5-14(6-4-12)19(17,18)16-13-7-8-15-10-13/h3-6,11,13,15-16H,7-10H2,1-2H3. The highest BCUT2D eigenvalue weighted by Crippen LogP contribution is 2.14. The molecule has 1 unspecified atom stereocenters. The summed E-state index contributed by atoms with van der Waals surface area (Å²) in [5.41, 5.74) is 1.18. The van der Waals surface area contributed by atoms with Gasteiger partial charge in [0.15, 0.2) is 0 Å². The van der Waals surface area contributed by atoms with E-state index in [0.29, 0.717) is 17.4 Å². The van der Waals surface area contributed by atoms with Crippen LogP contribution in [0.2, 0.25) is 0 Å². The molecule has 1 fully saturated rings. The van der Waals surface area contributed by atoms with Crippen molar-refractivity contribution < 1.29 is 8.42 Å². The molecular formula is C14H22N2O2S. The van der Waals surface area contributed by atoms with Crippen LogP contribution in [0.25, 0.3) is 0 Å². The normalized spacial score (nSPS) is 20.1. The summed E-state index contributed by atoms with van der Waals surface area (Å²) in [6.07, 6.45) is 1.82. The lowest BCUT2D eigenvalue weighted by Gasteiger charge is -2.12. The number of benzene rings is 1. The van der Waals surface area contributed by atoms with Crippen LogP contribution in [0.15, 0.2) is 29.2 Å². The van der Waals surface area contributed by atoms with E-state index < -0.39 is 10.0 Å². The fourth-order valence-corrected chi connectivity index (χ4v) is 3.59. The Labute approximate surface area is 115 Å². The fraction of sp³-hybridized carbons (Fsp3) is 0.571. The zero-order valence-corrected chi connectivity index (χ0v) is 12.3. The first kappa shape index (κ1) is 14.5. The third kappa shape index (κ3) is 4.03. The molecule has 1 atom stereocenters. The van der Waals surface area contributed by atoms with E-state index in [2.05, 4.69) is 23.9 Å². The molecule has 2 N–H and O–H groups in total. The Morgan fingerprint density at radius 1 is 1.32 bits per heavy atom. The molecule has 1 saturated heterocycles. The summed E-state index contributed by atoms with van der Waals surface area (Å²) in [7, 11) is -3.38. The quantitative estimate of drug-likeness (QED) is 0.861. The molecule has 0 radical (unpaired) electrons. The summed E-state index contributed by atoms with van der Waals surface area (Å²) in [6.45, 7) is 5.89. The fourth-order valence-electron chi connectivity index (χ4n) is 2.32. The molecule has 0 aliphatic carbocycles. The van der Waals surface area contributed by atoms with Gasteiger partial charge in [0, 0.05) is 12.6 Å². The summed E-state index contributed by atoms with van der Waals surface area (Å²) in [4.78, 5) is 0.354. The molecule has 1 aliphatic rings. The number of rotatable bonds is 5. The van der Waals surface area contributed by atoms with Gasteiger partial charge in [0.2, 0.25) is 10.0 Å². The van der Waals surface area contributed by atoms with Crippen molar-refractivity contribution in [2.75, 3.05) is 13.1 Å². The van der Waals surface area contributed by atoms with Gasteiger partial charge < -0.3 is 5.32 Å². The lowest BCUT2D eigenvalue weighted by atomic mass is 10.0. The second-order valence-corrected chi connectivity index (χ2v) is 7.27.